The summed E-state index contributed by atoms with van der Waals surface area (Å²) >= 11 is 0. The molecular formula is C37H32F3N5O3S. The second-order valence-electron chi connectivity index (χ2n) is 12.8. The van der Waals surface area contributed by atoms with Gasteiger partial charge in [0.15, 0.2) is 5.69 Å². The first kappa shape index (κ1) is 32.4. The first-order valence-electron chi connectivity index (χ1n) is 15.8. The Labute approximate surface area is 281 Å². The number of pyridine rings is 1. The molecule has 2 aromatic heterocycles. The second-order valence-corrected chi connectivity index (χ2v) is 15.2. The van der Waals surface area contributed by atoms with Gasteiger partial charge < -0.3 is 9.30 Å². The highest BCUT2D eigenvalue weighted by Gasteiger charge is 2.44. The van der Waals surface area contributed by atoms with Crippen LogP contribution in [0.4, 0.5) is 18.9 Å². The minimum absolute atomic E-state index is 0.0958. The summed E-state index contributed by atoms with van der Waals surface area (Å²) in [7, 11) is -2.75. The number of nitrogens with zero attached hydrogens (tertiary/aromatic N) is 4. The average Bonchev–Trinajstić information content (AvgIpc) is 4.03. The van der Waals surface area contributed by atoms with Crippen molar-refractivity contribution in [3.63, 3.8) is 0 Å². The molecule has 2 heterocycles. The molecule has 1 unspecified atom stereocenters. The third kappa shape index (κ3) is 6.89. The number of ether oxygens (including phenoxy) is 1. The molecule has 1 amide bonds. The van der Waals surface area contributed by atoms with Crippen molar-refractivity contribution in [2.45, 2.75) is 50.5 Å². The fraction of sp³-hybridized carbons (Fsp3) is 0.270. The van der Waals surface area contributed by atoms with Crippen molar-refractivity contribution in [1.82, 2.24) is 19.3 Å². The zero-order valence-corrected chi connectivity index (χ0v) is 27.2. The van der Waals surface area contributed by atoms with E-state index in [0.29, 0.717) is 45.8 Å². The summed E-state index contributed by atoms with van der Waals surface area (Å²) in [6, 6.07) is 18.9. The summed E-state index contributed by atoms with van der Waals surface area (Å²) in [6.45, 7) is 6.75. The Bertz CT molecular complexity index is 2260. The van der Waals surface area contributed by atoms with Crippen LogP contribution in [-0.4, -0.2) is 42.4 Å². The van der Waals surface area contributed by atoms with Crippen molar-refractivity contribution in [2.24, 2.45) is 5.41 Å². The van der Waals surface area contributed by atoms with Gasteiger partial charge in [0, 0.05) is 46.4 Å². The number of halogens is 3. The number of hydrogen-bond donors (Lipinski definition) is 1. The van der Waals surface area contributed by atoms with Gasteiger partial charge >= 0.3 is 0 Å². The van der Waals surface area contributed by atoms with E-state index in [1.165, 1.54) is 18.2 Å². The standard InChI is InChI=1S/C37H32F3N5O3S/c1-41-27-10-8-26(30(40)19-27)20-48-35-5-3-4-31(43-35)24-7-6-23(29(39)16-24)18-34-42-32-13-9-25(36(46)44-49(2,47)28-11-12-28)17-33(32)45(34)22-37(21-38)14-15-37/h3-10,13,16-17,19,28H,2,11-12,14-15,18,20-22H2,(H,44,46,47). The maximum atomic E-state index is 15.7. The normalized spacial score (nSPS) is 16.1. The largest absolute Gasteiger partial charge is 0.473 e. The van der Waals surface area contributed by atoms with Gasteiger partial charge in [0.05, 0.1) is 39.7 Å². The number of benzene rings is 3. The fourth-order valence-electron chi connectivity index (χ4n) is 5.77. The highest BCUT2D eigenvalue weighted by atomic mass is 32.2. The van der Waals surface area contributed by atoms with Crippen LogP contribution in [0.3, 0.4) is 0 Å². The number of imidazole rings is 1. The van der Waals surface area contributed by atoms with E-state index in [9.17, 15) is 17.8 Å². The van der Waals surface area contributed by atoms with E-state index in [4.69, 9.17) is 16.3 Å². The average molecular weight is 684 g/mol. The third-order valence-corrected chi connectivity index (χ3v) is 11.2. The molecule has 0 spiro atoms. The lowest BCUT2D eigenvalue weighted by Gasteiger charge is -2.16. The summed E-state index contributed by atoms with van der Waals surface area (Å²) in [5.74, 6) is 2.96. The van der Waals surface area contributed by atoms with Crippen LogP contribution in [0.15, 0.2) is 72.8 Å². The molecule has 12 heteroatoms. The fourth-order valence-corrected chi connectivity index (χ4v) is 7.27. The number of aromatic nitrogens is 3. The predicted molar refractivity (Wildman–Crippen MR) is 183 cm³/mol. The van der Waals surface area contributed by atoms with E-state index >= 15 is 4.39 Å². The number of nitrogens with one attached hydrogen (secondary N) is 1. The Morgan fingerprint density at radius 3 is 2.51 bits per heavy atom. The summed E-state index contributed by atoms with van der Waals surface area (Å²) in [5, 5.41) is -0.113. The molecule has 2 aliphatic rings. The number of hydrogen-bond acceptors (Lipinski definition) is 5. The van der Waals surface area contributed by atoms with Crippen molar-refractivity contribution in [3.8, 4) is 17.1 Å². The van der Waals surface area contributed by atoms with Crippen LogP contribution < -0.4 is 9.46 Å². The number of alkyl halides is 1. The molecule has 8 nitrogen and oxygen atoms in total. The van der Waals surface area contributed by atoms with Gasteiger partial charge in [0.2, 0.25) is 5.88 Å². The van der Waals surface area contributed by atoms with E-state index < -0.39 is 39.3 Å². The number of carbonyl (C=O) groups is 1. The van der Waals surface area contributed by atoms with Crippen LogP contribution in [0.25, 0.3) is 27.1 Å². The van der Waals surface area contributed by atoms with Crippen LogP contribution in [0.2, 0.25) is 0 Å². The maximum Gasteiger partial charge on any atom is 0.262 e. The maximum absolute atomic E-state index is 15.7. The Morgan fingerprint density at radius 1 is 1.04 bits per heavy atom. The molecule has 250 valence electrons. The van der Waals surface area contributed by atoms with Gasteiger partial charge in [-0.05, 0) is 73.5 Å². The molecule has 49 heavy (non-hydrogen) atoms. The predicted octanol–water partition coefficient (Wildman–Crippen LogP) is 7.37. The Morgan fingerprint density at radius 2 is 1.82 bits per heavy atom. The third-order valence-electron chi connectivity index (χ3n) is 9.11. The molecular weight excluding hydrogens is 652 g/mol. The quantitative estimate of drug-likeness (QED) is 0.110. The lowest BCUT2D eigenvalue weighted by molar-refractivity contribution is 0.0982. The minimum Gasteiger partial charge on any atom is -0.473 e. The van der Waals surface area contributed by atoms with Crippen LogP contribution >= 0.6 is 0 Å². The molecule has 0 saturated heterocycles. The summed E-state index contributed by atoms with van der Waals surface area (Å²) in [5.41, 5.74) is 2.77. The van der Waals surface area contributed by atoms with E-state index in [1.807, 2.05) is 4.57 Å². The van der Waals surface area contributed by atoms with E-state index in [1.54, 1.807) is 48.5 Å². The number of fused-ring (bicyclic) bond motifs is 1. The monoisotopic (exact) mass is 683 g/mol. The highest BCUT2D eigenvalue weighted by Crippen LogP contribution is 2.48. The first-order valence-corrected chi connectivity index (χ1v) is 17.6. The molecule has 1 atom stereocenters. The van der Waals surface area contributed by atoms with E-state index in [-0.39, 0.29) is 35.4 Å². The summed E-state index contributed by atoms with van der Waals surface area (Å²) in [4.78, 5) is 25.5. The Hall–Kier alpha value is -5.15. The molecule has 2 saturated carbocycles. The molecule has 0 aliphatic heterocycles. The van der Waals surface area contributed by atoms with Gasteiger partial charge in [-0.2, -0.15) is 0 Å². The minimum atomic E-state index is -2.75. The second kappa shape index (κ2) is 12.7. The molecule has 0 bridgehead atoms. The van der Waals surface area contributed by atoms with Gasteiger partial charge in [-0.3, -0.25) is 13.9 Å². The van der Waals surface area contributed by atoms with Gasteiger partial charge in [-0.15, -0.1) is 0 Å². The molecule has 2 fully saturated rings. The van der Waals surface area contributed by atoms with E-state index in [2.05, 4.69) is 20.4 Å². The SMILES string of the molecule is [C-]#[N+]c1ccc(COc2cccc(-c3ccc(Cc4nc5ccc(C(=O)NS(=C)(=O)C6CC6)cc5n4CC4(CF)CC4)c(F)c3)n2)c(F)c1. The molecule has 1 N–H and O–H groups in total. The molecule has 0 radical (unpaired) electrons. The lowest BCUT2D eigenvalue weighted by Crippen LogP contribution is -2.33. The zero-order chi connectivity index (χ0) is 34.3. The highest BCUT2D eigenvalue weighted by molar-refractivity contribution is 7.99. The van der Waals surface area contributed by atoms with Crippen LogP contribution in [-0.2, 0) is 29.3 Å². The summed E-state index contributed by atoms with van der Waals surface area (Å²) in [6.07, 6.45) is 3.09. The number of carbonyl (C=O) groups excluding carboxylic acids is 1. The Kier molecular flexibility index (Phi) is 8.40. The van der Waals surface area contributed by atoms with Crippen LogP contribution in [0.1, 0.15) is 53.0 Å². The van der Waals surface area contributed by atoms with Crippen molar-refractivity contribution >= 4 is 38.2 Å². The molecule has 2 aliphatic carbocycles. The summed E-state index contributed by atoms with van der Waals surface area (Å²) < 4.78 is 67.1. The van der Waals surface area contributed by atoms with Gasteiger partial charge in [0.25, 0.3) is 5.91 Å². The van der Waals surface area contributed by atoms with Crippen molar-refractivity contribution < 1.29 is 26.9 Å². The van der Waals surface area contributed by atoms with Crippen molar-refractivity contribution in [3.05, 3.63) is 118 Å². The van der Waals surface area contributed by atoms with E-state index in [0.717, 1.165) is 31.7 Å². The first-order chi connectivity index (χ1) is 23.6. The van der Waals surface area contributed by atoms with Gasteiger partial charge in [0.1, 0.15) is 24.1 Å². The number of amides is 1. The smallest absolute Gasteiger partial charge is 0.262 e. The molecule has 3 aromatic carbocycles. The van der Waals surface area contributed by atoms with Gasteiger partial charge in [-0.1, -0.05) is 30.3 Å². The van der Waals surface area contributed by atoms with Crippen LogP contribution in [0, 0.1) is 23.6 Å². The van der Waals surface area contributed by atoms with Crippen LogP contribution in [0.5, 0.6) is 5.88 Å². The zero-order valence-electron chi connectivity index (χ0n) is 26.4. The topological polar surface area (TPSA) is 90.5 Å². The van der Waals surface area contributed by atoms with Gasteiger partial charge in [-0.25, -0.2) is 27.8 Å². The molecule has 5 aromatic rings. The van der Waals surface area contributed by atoms with Crippen molar-refractivity contribution in [2.75, 3.05) is 6.67 Å². The number of rotatable bonds is 12. The lowest BCUT2D eigenvalue weighted by atomic mass is 10.0. The Balaban J connectivity index is 1.13. The van der Waals surface area contributed by atoms with Crippen molar-refractivity contribution in [1.29, 1.82) is 0 Å². The molecule has 7 rings (SSSR count).